The Kier molecular flexibility index (Phi) is 3.49. The summed E-state index contributed by atoms with van der Waals surface area (Å²) in [5.74, 6) is 1.18. The van der Waals surface area contributed by atoms with E-state index in [1.807, 2.05) is 19.1 Å². The van der Waals surface area contributed by atoms with Gasteiger partial charge in [0.15, 0.2) is 5.76 Å². The van der Waals surface area contributed by atoms with Crippen molar-refractivity contribution in [3.63, 3.8) is 0 Å². The highest BCUT2D eigenvalue weighted by molar-refractivity contribution is 6.05. The van der Waals surface area contributed by atoms with Crippen LogP contribution in [0.15, 0.2) is 41.1 Å². The lowest BCUT2D eigenvalue weighted by atomic mass is 10.2. The molecule has 4 heterocycles. The number of nitrogens with zero attached hydrogens (tertiary/aromatic N) is 5. The lowest BCUT2D eigenvalue weighted by Crippen LogP contribution is -2.38. The Labute approximate surface area is 137 Å². The van der Waals surface area contributed by atoms with Gasteiger partial charge in [-0.25, -0.2) is 9.67 Å². The molecular formula is C16H15N5O3. The van der Waals surface area contributed by atoms with Gasteiger partial charge in [0, 0.05) is 11.9 Å². The number of furan rings is 1. The van der Waals surface area contributed by atoms with Gasteiger partial charge in [-0.3, -0.25) is 9.69 Å². The van der Waals surface area contributed by atoms with E-state index in [2.05, 4.69) is 15.3 Å². The normalized spacial score (nSPS) is 13.5. The average molecular weight is 325 g/mol. The van der Waals surface area contributed by atoms with E-state index in [1.165, 1.54) is 0 Å². The molecule has 1 aliphatic rings. The van der Waals surface area contributed by atoms with Gasteiger partial charge < -0.3 is 9.15 Å². The third-order valence-electron chi connectivity index (χ3n) is 3.73. The van der Waals surface area contributed by atoms with Crippen LogP contribution in [-0.4, -0.2) is 39.0 Å². The van der Waals surface area contributed by atoms with E-state index in [0.29, 0.717) is 37.0 Å². The molecule has 24 heavy (non-hydrogen) atoms. The Bertz CT molecular complexity index is 872. The SMILES string of the molecule is Cc1ccc2c(n1)OCCN2C(=O)c1ccc(Cn2ccnn2)o1. The fourth-order valence-electron chi connectivity index (χ4n) is 2.59. The standard InChI is InChI=1S/C16H15N5O3/c1-11-2-4-13-15(18-11)23-9-8-21(13)16(22)14-5-3-12(24-14)10-20-7-6-17-19-20/h2-7H,8-10H2,1H3. The zero-order chi connectivity index (χ0) is 16.5. The van der Waals surface area contributed by atoms with Gasteiger partial charge in [0.25, 0.3) is 5.91 Å². The van der Waals surface area contributed by atoms with Crippen LogP contribution in [-0.2, 0) is 6.54 Å². The van der Waals surface area contributed by atoms with Gasteiger partial charge >= 0.3 is 0 Å². The van der Waals surface area contributed by atoms with Crippen molar-refractivity contribution in [2.45, 2.75) is 13.5 Å². The number of carbonyl (C=O) groups excluding carboxylic acids is 1. The summed E-state index contributed by atoms with van der Waals surface area (Å²) in [6.45, 7) is 3.17. The van der Waals surface area contributed by atoms with Crippen LogP contribution < -0.4 is 9.64 Å². The van der Waals surface area contributed by atoms with E-state index in [4.69, 9.17) is 9.15 Å². The molecule has 0 saturated carbocycles. The Balaban J connectivity index is 1.58. The quantitative estimate of drug-likeness (QED) is 0.728. The lowest BCUT2D eigenvalue weighted by molar-refractivity contribution is 0.0947. The Morgan fingerprint density at radius 1 is 1.29 bits per heavy atom. The highest BCUT2D eigenvalue weighted by Gasteiger charge is 2.27. The molecule has 4 rings (SSSR count). The van der Waals surface area contributed by atoms with Gasteiger partial charge in [0.2, 0.25) is 5.88 Å². The summed E-state index contributed by atoms with van der Waals surface area (Å²) in [7, 11) is 0. The van der Waals surface area contributed by atoms with Gasteiger partial charge in [-0.15, -0.1) is 5.10 Å². The number of hydrogen-bond acceptors (Lipinski definition) is 6. The van der Waals surface area contributed by atoms with Crippen LogP contribution in [0.2, 0.25) is 0 Å². The topological polar surface area (TPSA) is 86.3 Å². The predicted molar refractivity (Wildman–Crippen MR) is 84.0 cm³/mol. The molecule has 0 spiro atoms. The number of fused-ring (bicyclic) bond motifs is 1. The second-order valence-electron chi connectivity index (χ2n) is 5.45. The van der Waals surface area contributed by atoms with E-state index in [9.17, 15) is 4.79 Å². The number of amides is 1. The van der Waals surface area contributed by atoms with Crippen molar-refractivity contribution >= 4 is 11.6 Å². The monoisotopic (exact) mass is 325 g/mol. The van der Waals surface area contributed by atoms with Gasteiger partial charge in [0.1, 0.15) is 24.6 Å². The molecule has 8 nitrogen and oxygen atoms in total. The molecule has 3 aromatic rings. The summed E-state index contributed by atoms with van der Waals surface area (Å²) < 4.78 is 12.8. The second-order valence-corrected chi connectivity index (χ2v) is 5.45. The fraction of sp³-hybridized carbons (Fsp3) is 0.250. The molecule has 1 amide bonds. The number of anilines is 1. The number of aromatic nitrogens is 4. The van der Waals surface area contributed by atoms with Gasteiger partial charge in [-0.05, 0) is 31.2 Å². The molecule has 0 bridgehead atoms. The Morgan fingerprint density at radius 3 is 3.04 bits per heavy atom. The van der Waals surface area contributed by atoms with E-state index >= 15 is 0 Å². The van der Waals surface area contributed by atoms with Crippen LogP contribution in [0.4, 0.5) is 5.69 Å². The third kappa shape index (κ3) is 2.62. The van der Waals surface area contributed by atoms with Crippen LogP contribution in [0.25, 0.3) is 0 Å². The lowest BCUT2D eigenvalue weighted by Gasteiger charge is -2.28. The number of rotatable bonds is 3. The van der Waals surface area contributed by atoms with Crippen molar-refractivity contribution < 1.29 is 13.9 Å². The first-order valence-corrected chi connectivity index (χ1v) is 7.56. The van der Waals surface area contributed by atoms with Crippen LogP contribution in [0.5, 0.6) is 5.88 Å². The van der Waals surface area contributed by atoms with Crippen molar-refractivity contribution in [1.82, 2.24) is 20.0 Å². The van der Waals surface area contributed by atoms with Crippen molar-refractivity contribution in [3.8, 4) is 5.88 Å². The summed E-state index contributed by atoms with van der Waals surface area (Å²) in [5, 5.41) is 7.62. The summed E-state index contributed by atoms with van der Waals surface area (Å²) >= 11 is 0. The average Bonchev–Trinajstić information content (AvgIpc) is 3.26. The zero-order valence-corrected chi connectivity index (χ0v) is 13.0. The number of aryl methyl sites for hydroxylation is 1. The summed E-state index contributed by atoms with van der Waals surface area (Å²) in [5.41, 5.74) is 1.50. The van der Waals surface area contributed by atoms with Crippen LogP contribution >= 0.6 is 0 Å². The first-order chi connectivity index (χ1) is 11.7. The number of pyridine rings is 1. The number of ether oxygens (including phenoxy) is 1. The van der Waals surface area contributed by atoms with Crippen molar-refractivity contribution in [3.05, 3.63) is 53.9 Å². The summed E-state index contributed by atoms with van der Waals surface area (Å²) in [4.78, 5) is 18.7. The molecule has 3 aromatic heterocycles. The van der Waals surface area contributed by atoms with Crippen LogP contribution in [0.3, 0.4) is 0 Å². The van der Waals surface area contributed by atoms with Crippen molar-refractivity contribution in [2.75, 3.05) is 18.1 Å². The minimum Gasteiger partial charge on any atom is -0.474 e. The first-order valence-electron chi connectivity index (χ1n) is 7.56. The van der Waals surface area contributed by atoms with Crippen molar-refractivity contribution in [2.24, 2.45) is 0 Å². The minimum atomic E-state index is -0.213. The molecule has 8 heteroatoms. The largest absolute Gasteiger partial charge is 0.474 e. The molecule has 0 aromatic carbocycles. The Hall–Kier alpha value is -3.16. The Morgan fingerprint density at radius 2 is 2.21 bits per heavy atom. The maximum Gasteiger partial charge on any atom is 0.294 e. The molecule has 122 valence electrons. The summed E-state index contributed by atoms with van der Waals surface area (Å²) in [6.07, 6.45) is 3.32. The van der Waals surface area contributed by atoms with Gasteiger partial charge in [-0.1, -0.05) is 5.21 Å². The van der Waals surface area contributed by atoms with Crippen molar-refractivity contribution in [1.29, 1.82) is 0 Å². The molecule has 1 aliphatic heterocycles. The zero-order valence-electron chi connectivity index (χ0n) is 13.0. The van der Waals surface area contributed by atoms with Gasteiger partial charge in [-0.2, -0.15) is 0 Å². The van der Waals surface area contributed by atoms with E-state index in [0.717, 1.165) is 5.69 Å². The molecule has 0 fully saturated rings. The molecule has 0 unspecified atom stereocenters. The molecule has 0 saturated heterocycles. The smallest absolute Gasteiger partial charge is 0.294 e. The maximum absolute atomic E-state index is 12.8. The molecule has 0 radical (unpaired) electrons. The molecular weight excluding hydrogens is 310 g/mol. The number of carbonyl (C=O) groups is 1. The number of hydrogen-bond donors (Lipinski definition) is 0. The fourth-order valence-corrected chi connectivity index (χ4v) is 2.59. The highest BCUT2D eigenvalue weighted by Crippen LogP contribution is 2.31. The highest BCUT2D eigenvalue weighted by atomic mass is 16.5. The third-order valence-corrected chi connectivity index (χ3v) is 3.73. The van der Waals surface area contributed by atoms with E-state index < -0.39 is 0 Å². The van der Waals surface area contributed by atoms with Gasteiger partial charge in [0.05, 0.1) is 12.7 Å². The molecule has 0 aliphatic carbocycles. The van der Waals surface area contributed by atoms with Crippen LogP contribution in [0.1, 0.15) is 22.0 Å². The molecule has 0 atom stereocenters. The van der Waals surface area contributed by atoms with E-state index in [-0.39, 0.29) is 11.7 Å². The predicted octanol–water partition coefficient (Wildman–Crippen LogP) is 1.66. The summed E-state index contributed by atoms with van der Waals surface area (Å²) in [6, 6.07) is 7.13. The molecule has 0 N–H and O–H groups in total. The first kappa shape index (κ1) is 14.4. The minimum absolute atomic E-state index is 0.213. The maximum atomic E-state index is 12.8. The van der Waals surface area contributed by atoms with Crippen LogP contribution in [0, 0.1) is 6.92 Å². The second kappa shape index (κ2) is 5.80. The van der Waals surface area contributed by atoms with E-state index in [1.54, 1.807) is 34.1 Å².